The molecule has 0 bridgehead atoms. The molecule has 3 aromatic carbocycles. The number of nitrogens with zero attached hydrogens (tertiary/aromatic N) is 1. The Labute approximate surface area is 215 Å². The molecule has 6 nitrogen and oxygen atoms in total. The Kier molecular flexibility index (Phi) is 9.32. The van der Waals surface area contributed by atoms with E-state index < -0.39 is 0 Å². The maximum Gasteiger partial charge on any atom is 0.277 e. The number of methoxy groups -OCH3 is 1. The van der Waals surface area contributed by atoms with E-state index in [0.717, 1.165) is 16.5 Å². The van der Waals surface area contributed by atoms with Gasteiger partial charge in [-0.25, -0.2) is 5.43 Å². The van der Waals surface area contributed by atoms with E-state index in [0.29, 0.717) is 23.9 Å². The lowest BCUT2D eigenvalue weighted by atomic mass is 9.87. The first-order valence-corrected chi connectivity index (χ1v) is 12.1. The van der Waals surface area contributed by atoms with Gasteiger partial charge in [-0.05, 0) is 68.4 Å². The van der Waals surface area contributed by atoms with Crippen molar-refractivity contribution in [1.82, 2.24) is 5.43 Å². The average molecular weight is 539 g/mol. The number of carbonyl (C=O) groups excluding carboxylic acids is 1. The molecule has 35 heavy (non-hydrogen) atoms. The van der Waals surface area contributed by atoms with E-state index in [1.54, 1.807) is 19.4 Å². The first-order chi connectivity index (χ1) is 16.8. The summed E-state index contributed by atoms with van der Waals surface area (Å²) in [4.78, 5) is 12.1. The van der Waals surface area contributed by atoms with Crippen molar-refractivity contribution in [2.75, 3.05) is 20.3 Å². The summed E-state index contributed by atoms with van der Waals surface area (Å²) in [7, 11) is 1.59. The fourth-order valence-electron chi connectivity index (χ4n) is 3.25. The molecule has 3 aromatic rings. The molecule has 0 aliphatic heterocycles. The Hall–Kier alpha value is -3.32. The van der Waals surface area contributed by atoms with Crippen LogP contribution in [0.25, 0.3) is 0 Å². The second-order valence-electron chi connectivity index (χ2n) is 8.97. The fourth-order valence-corrected chi connectivity index (χ4v) is 3.74. The number of benzene rings is 3. The molecule has 184 valence electrons. The van der Waals surface area contributed by atoms with Crippen molar-refractivity contribution < 1.29 is 19.0 Å². The van der Waals surface area contributed by atoms with Crippen molar-refractivity contribution in [1.29, 1.82) is 0 Å². The Morgan fingerprint density at radius 3 is 2.40 bits per heavy atom. The zero-order valence-corrected chi connectivity index (χ0v) is 22.1. The summed E-state index contributed by atoms with van der Waals surface area (Å²) in [5, 5.41) is 4.02. The van der Waals surface area contributed by atoms with Crippen LogP contribution < -0.4 is 19.6 Å². The van der Waals surface area contributed by atoms with Gasteiger partial charge >= 0.3 is 0 Å². The molecule has 0 aliphatic rings. The number of nitrogens with one attached hydrogen (secondary N) is 1. The number of hydrogen-bond acceptors (Lipinski definition) is 5. The normalized spacial score (nSPS) is 11.3. The van der Waals surface area contributed by atoms with Crippen LogP contribution in [0.3, 0.4) is 0 Å². The first-order valence-electron chi connectivity index (χ1n) is 11.4. The molecule has 0 heterocycles. The second kappa shape index (κ2) is 12.4. The molecule has 7 heteroatoms. The monoisotopic (exact) mass is 538 g/mol. The van der Waals surface area contributed by atoms with E-state index in [1.807, 2.05) is 48.5 Å². The van der Waals surface area contributed by atoms with Crippen LogP contribution in [0.5, 0.6) is 17.2 Å². The van der Waals surface area contributed by atoms with Gasteiger partial charge in [0.05, 0.1) is 24.4 Å². The minimum Gasteiger partial charge on any atom is -0.493 e. The Morgan fingerprint density at radius 1 is 0.971 bits per heavy atom. The molecule has 0 saturated carbocycles. The largest absolute Gasteiger partial charge is 0.493 e. The zero-order chi connectivity index (χ0) is 25.3. The number of hydrazone groups is 1. The van der Waals surface area contributed by atoms with E-state index in [4.69, 9.17) is 14.2 Å². The second-order valence-corrected chi connectivity index (χ2v) is 9.83. The maximum atomic E-state index is 12.1. The van der Waals surface area contributed by atoms with E-state index >= 15 is 0 Å². The molecule has 0 aliphatic carbocycles. The van der Waals surface area contributed by atoms with E-state index in [-0.39, 0.29) is 17.9 Å². The lowest BCUT2D eigenvalue weighted by Gasteiger charge is -2.20. The highest BCUT2D eigenvalue weighted by atomic mass is 79.9. The van der Waals surface area contributed by atoms with Gasteiger partial charge in [-0.2, -0.15) is 5.10 Å². The zero-order valence-electron chi connectivity index (χ0n) is 20.5. The summed E-state index contributed by atoms with van der Waals surface area (Å²) >= 11 is 3.51. The predicted molar refractivity (Wildman–Crippen MR) is 143 cm³/mol. The van der Waals surface area contributed by atoms with Gasteiger partial charge in [0.15, 0.2) is 18.1 Å². The van der Waals surface area contributed by atoms with Crippen molar-refractivity contribution in [3.63, 3.8) is 0 Å². The van der Waals surface area contributed by atoms with Gasteiger partial charge in [0.2, 0.25) is 0 Å². The standard InChI is InChI=1S/C28H31BrN2O4/c1-28(2,3)22-11-13-24(23(29)17-22)35-19-27(32)31-30-18-21-10-12-25(26(16-21)33-4)34-15-14-20-8-6-5-7-9-20/h5-13,16-18H,14-15,19H2,1-4H3,(H,31,32)/b30-18+. The van der Waals surface area contributed by atoms with Gasteiger partial charge in [0.25, 0.3) is 5.91 Å². The lowest BCUT2D eigenvalue weighted by Crippen LogP contribution is -2.24. The van der Waals surface area contributed by atoms with Crippen molar-refractivity contribution in [3.8, 4) is 17.2 Å². The number of halogens is 1. The van der Waals surface area contributed by atoms with Gasteiger partial charge in [0.1, 0.15) is 5.75 Å². The van der Waals surface area contributed by atoms with E-state index in [1.165, 1.54) is 11.1 Å². The summed E-state index contributed by atoms with van der Waals surface area (Å²) in [6.45, 7) is 6.82. The predicted octanol–water partition coefficient (Wildman–Crippen LogP) is 5.91. The fraction of sp³-hybridized carbons (Fsp3) is 0.286. The topological polar surface area (TPSA) is 69.2 Å². The Morgan fingerprint density at radius 2 is 1.71 bits per heavy atom. The summed E-state index contributed by atoms with van der Waals surface area (Å²) in [5.74, 6) is 1.49. The van der Waals surface area contributed by atoms with Crippen LogP contribution in [0.2, 0.25) is 0 Å². The van der Waals surface area contributed by atoms with Crippen LogP contribution in [0.15, 0.2) is 76.3 Å². The molecule has 1 N–H and O–H groups in total. The number of ether oxygens (including phenoxy) is 3. The number of amides is 1. The highest BCUT2D eigenvalue weighted by Gasteiger charge is 2.15. The number of carbonyl (C=O) groups is 1. The number of rotatable bonds is 10. The maximum absolute atomic E-state index is 12.1. The lowest BCUT2D eigenvalue weighted by molar-refractivity contribution is -0.123. The van der Waals surface area contributed by atoms with Gasteiger partial charge < -0.3 is 14.2 Å². The van der Waals surface area contributed by atoms with Crippen molar-refractivity contribution >= 4 is 28.1 Å². The molecule has 0 unspecified atom stereocenters. The van der Waals surface area contributed by atoms with Gasteiger partial charge in [-0.1, -0.05) is 57.2 Å². The molecule has 0 atom stereocenters. The smallest absolute Gasteiger partial charge is 0.277 e. The molecular formula is C28H31BrN2O4. The Bertz CT molecular complexity index is 1160. The van der Waals surface area contributed by atoms with Crippen LogP contribution in [0, 0.1) is 0 Å². The van der Waals surface area contributed by atoms with Crippen LogP contribution >= 0.6 is 15.9 Å². The molecule has 0 spiro atoms. The molecule has 0 saturated heterocycles. The Balaban J connectivity index is 1.49. The molecule has 1 amide bonds. The summed E-state index contributed by atoms with van der Waals surface area (Å²) in [5.41, 5.74) is 5.66. The molecular weight excluding hydrogens is 508 g/mol. The van der Waals surface area contributed by atoms with Crippen molar-refractivity contribution in [2.45, 2.75) is 32.6 Å². The van der Waals surface area contributed by atoms with Crippen molar-refractivity contribution in [2.24, 2.45) is 5.10 Å². The van der Waals surface area contributed by atoms with Crippen molar-refractivity contribution in [3.05, 3.63) is 87.9 Å². The molecule has 0 fully saturated rings. The third kappa shape index (κ3) is 8.14. The van der Waals surface area contributed by atoms with E-state index in [2.05, 4.69) is 59.4 Å². The summed E-state index contributed by atoms with van der Waals surface area (Å²) in [6, 6.07) is 21.5. The summed E-state index contributed by atoms with van der Waals surface area (Å²) in [6.07, 6.45) is 2.35. The summed E-state index contributed by atoms with van der Waals surface area (Å²) < 4.78 is 17.8. The van der Waals surface area contributed by atoms with Gasteiger partial charge in [-0.3, -0.25) is 4.79 Å². The molecule has 0 radical (unpaired) electrons. The SMILES string of the molecule is COc1cc(/C=N/NC(=O)COc2ccc(C(C)(C)C)cc2Br)ccc1OCCc1ccccc1. The molecule has 0 aromatic heterocycles. The third-order valence-electron chi connectivity index (χ3n) is 5.24. The third-order valence-corrected chi connectivity index (χ3v) is 5.86. The van der Waals surface area contributed by atoms with Crippen LogP contribution in [-0.2, 0) is 16.6 Å². The van der Waals surface area contributed by atoms with Crippen LogP contribution in [0.4, 0.5) is 0 Å². The average Bonchev–Trinajstić information content (AvgIpc) is 2.84. The number of hydrogen-bond donors (Lipinski definition) is 1. The van der Waals surface area contributed by atoms with Gasteiger partial charge in [-0.15, -0.1) is 0 Å². The molecule has 3 rings (SSSR count). The highest BCUT2D eigenvalue weighted by molar-refractivity contribution is 9.10. The van der Waals surface area contributed by atoms with E-state index in [9.17, 15) is 4.79 Å². The minimum absolute atomic E-state index is 0.0301. The highest BCUT2D eigenvalue weighted by Crippen LogP contribution is 2.31. The quantitative estimate of drug-likeness (QED) is 0.257. The first kappa shape index (κ1) is 26.3. The van der Waals surface area contributed by atoms with Crippen LogP contribution in [0.1, 0.15) is 37.5 Å². The van der Waals surface area contributed by atoms with Crippen LogP contribution in [-0.4, -0.2) is 32.4 Å². The minimum atomic E-state index is -0.360. The van der Waals surface area contributed by atoms with Gasteiger partial charge in [0, 0.05) is 6.42 Å².